The number of ketones is 1. The zero-order chi connectivity index (χ0) is 31.4. The quantitative estimate of drug-likeness (QED) is 0.150. The van der Waals surface area contributed by atoms with Gasteiger partial charge >= 0.3 is 10.2 Å². The van der Waals surface area contributed by atoms with Crippen LogP contribution in [0.15, 0.2) is 91.0 Å². The molecule has 0 radical (unpaired) electrons. The number of benzene rings is 4. The number of nitrogens with zero attached hydrogens (tertiary/aromatic N) is 2. The van der Waals surface area contributed by atoms with Crippen LogP contribution in [0.3, 0.4) is 0 Å². The Morgan fingerprint density at radius 1 is 0.909 bits per heavy atom. The van der Waals surface area contributed by atoms with Crippen LogP contribution in [0.2, 0.25) is 5.02 Å². The highest BCUT2D eigenvalue weighted by molar-refractivity contribution is 7.87. The van der Waals surface area contributed by atoms with Crippen LogP contribution in [-0.4, -0.2) is 48.5 Å². The predicted octanol–water partition coefficient (Wildman–Crippen LogP) is 7.24. The highest BCUT2D eigenvalue weighted by atomic mass is 35.5. The molecule has 0 bridgehead atoms. The molecule has 5 rings (SSSR count). The molecule has 226 valence electrons. The standard InChI is InChI=1S/C34H33ClN4O4S/c1-4-10-23(22-11-6-5-7-12-22)20-32(40)24-15-17-26(29(19-24)34(41)38-44(42,43)39(2)3)28-21-25(35)16-18-27(28)33-36-30-13-8-9-14-31(30)37-33/h5-9,11-19,21,23H,4,10,20H2,1-3H3,(H,36,37)(H,38,41)/t23-/m0/s1. The van der Waals surface area contributed by atoms with Crippen LogP contribution in [0, 0.1) is 0 Å². The largest absolute Gasteiger partial charge is 0.338 e. The van der Waals surface area contributed by atoms with Crippen molar-refractivity contribution in [2.45, 2.75) is 32.1 Å². The molecule has 4 aromatic carbocycles. The van der Waals surface area contributed by atoms with Crippen molar-refractivity contribution in [1.82, 2.24) is 19.0 Å². The predicted molar refractivity (Wildman–Crippen MR) is 175 cm³/mol. The van der Waals surface area contributed by atoms with Crippen molar-refractivity contribution >= 4 is 44.5 Å². The number of carbonyl (C=O) groups excluding carboxylic acids is 2. The molecule has 10 heteroatoms. The number of para-hydroxylation sites is 2. The van der Waals surface area contributed by atoms with Gasteiger partial charge in [0.2, 0.25) is 0 Å². The number of H-pyrrole nitrogens is 1. The van der Waals surface area contributed by atoms with E-state index in [4.69, 9.17) is 16.6 Å². The Hall–Kier alpha value is -4.31. The number of aromatic nitrogens is 2. The maximum Gasteiger partial charge on any atom is 0.303 e. The van der Waals surface area contributed by atoms with E-state index >= 15 is 0 Å². The summed E-state index contributed by atoms with van der Waals surface area (Å²) in [6.07, 6.45) is 1.97. The Morgan fingerprint density at radius 2 is 1.61 bits per heavy atom. The van der Waals surface area contributed by atoms with Gasteiger partial charge in [0.05, 0.1) is 11.0 Å². The molecule has 2 N–H and O–H groups in total. The summed E-state index contributed by atoms with van der Waals surface area (Å²) >= 11 is 6.45. The van der Waals surface area contributed by atoms with Crippen molar-refractivity contribution in [1.29, 1.82) is 0 Å². The average Bonchev–Trinajstić information content (AvgIpc) is 3.45. The number of halogens is 1. The fourth-order valence-electron chi connectivity index (χ4n) is 5.23. The van der Waals surface area contributed by atoms with Gasteiger partial charge in [0.15, 0.2) is 5.78 Å². The van der Waals surface area contributed by atoms with Crippen LogP contribution in [0.5, 0.6) is 0 Å². The Bertz CT molecular complexity index is 1900. The summed E-state index contributed by atoms with van der Waals surface area (Å²) in [5.41, 5.74) is 4.61. The topological polar surface area (TPSA) is 112 Å². The van der Waals surface area contributed by atoms with Gasteiger partial charge in [0, 0.05) is 42.2 Å². The van der Waals surface area contributed by atoms with Crippen molar-refractivity contribution in [2.24, 2.45) is 0 Å². The minimum Gasteiger partial charge on any atom is -0.338 e. The first-order valence-electron chi connectivity index (χ1n) is 14.3. The normalized spacial score (nSPS) is 12.4. The molecule has 0 unspecified atom stereocenters. The Balaban J connectivity index is 1.62. The zero-order valence-electron chi connectivity index (χ0n) is 24.7. The summed E-state index contributed by atoms with van der Waals surface area (Å²) in [7, 11) is -1.48. The van der Waals surface area contributed by atoms with Crippen LogP contribution >= 0.6 is 11.6 Å². The maximum absolute atomic E-state index is 13.7. The number of carbonyl (C=O) groups is 2. The van der Waals surface area contributed by atoms with Crippen molar-refractivity contribution in [3.8, 4) is 22.5 Å². The molecule has 8 nitrogen and oxygen atoms in total. The number of rotatable bonds is 11. The Kier molecular flexibility index (Phi) is 9.29. The molecular formula is C34H33ClN4O4S. The SMILES string of the molecule is CCC[C@@H](CC(=O)c1ccc(-c2cc(Cl)ccc2-c2nc3ccccc3[nH]2)c(C(=O)NS(=O)(=O)N(C)C)c1)c1ccccc1. The average molecular weight is 629 g/mol. The molecule has 0 aliphatic rings. The summed E-state index contributed by atoms with van der Waals surface area (Å²) in [5.74, 6) is -0.457. The number of nitrogens with one attached hydrogen (secondary N) is 2. The van der Waals surface area contributed by atoms with Gasteiger partial charge in [0.1, 0.15) is 5.82 Å². The number of hydrogen-bond acceptors (Lipinski definition) is 5. The lowest BCUT2D eigenvalue weighted by molar-refractivity contribution is 0.0972. The summed E-state index contributed by atoms with van der Waals surface area (Å²) in [6, 6.07) is 27.5. The monoisotopic (exact) mass is 628 g/mol. The first-order valence-corrected chi connectivity index (χ1v) is 16.1. The highest BCUT2D eigenvalue weighted by Crippen LogP contribution is 2.37. The minimum atomic E-state index is -4.12. The molecule has 0 aliphatic carbocycles. The van der Waals surface area contributed by atoms with E-state index in [0.29, 0.717) is 33.1 Å². The lowest BCUT2D eigenvalue weighted by Crippen LogP contribution is -2.39. The highest BCUT2D eigenvalue weighted by Gasteiger charge is 2.25. The van der Waals surface area contributed by atoms with Crippen molar-refractivity contribution < 1.29 is 18.0 Å². The van der Waals surface area contributed by atoms with E-state index in [1.165, 1.54) is 20.2 Å². The maximum atomic E-state index is 13.7. The van der Waals surface area contributed by atoms with Gasteiger partial charge in [-0.1, -0.05) is 79.5 Å². The smallest absolute Gasteiger partial charge is 0.303 e. The van der Waals surface area contributed by atoms with Crippen molar-refractivity contribution in [2.75, 3.05) is 14.1 Å². The van der Waals surface area contributed by atoms with Crippen LogP contribution in [-0.2, 0) is 10.2 Å². The summed E-state index contributed by atoms with van der Waals surface area (Å²) in [6.45, 7) is 2.08. The second-order valence-electron chi connectivity index (χ2n) is 10.8. The Morgan fingerprint density at radius 3 is 2.32 bits per heavy atom. The molecule has 0 saturated carbocycles. The van der Waals surface area contributed by atoms with Crippen LogP contribution in [0.1, 0.15) is 58.4 Å². The molecular weight excluding hydrogens is 596 g/mol. The van der Waals surface area contributed by atoms with E-state index in [1.807, 2.05) is 54.6 Å². The van der Waals surface area contributed by atoms with Gasteiger partial charge in [-0.15, -0.1) is 0 Å². The molecule has 5 aromatic rings. The summed E-state index contributed by atoms with van der Waals surface area (Å²) in [4.78, 5) is 35.4. The molecule has 1 amide bonds. The lowest BCUT2D eigenvalue weighted by atomic mass is 9.87. The van der Waals surface area contributed by atoms with E-state index in [1.54, 1.807) is 30.3 Å². The molecule has 0 fully saturated rings. The number of fused-ring (bicyclic) bond motifs is 1. The molecule has 1 aromatic heterocycles. The van der Waals surface area contributed by atoms with Crippen molar-refractivity contribution in [3.05, 3.63) is 113 Å². The van der Waals surface area contributed by atoms with Crippen LogP contribution in [0.25, 0.3) is 33.5 Å². The van der Waals surface area contributed by atoms with Crippen LogP contribution < -0.4 is 4.72 Å². The molecule has 0 saturated heterocycles. The third-order valence-corrected chi connectivity index (χ3v) is 9.18. The summed E-state index contributed by atoms with van der Waals surface area (Å²) in [5, 5.41) is 0.414. The second kappa shape index (κ2) is 13.1. The van der Waals surface area contributed by atoms with E-state index in [2.05, 4.69) is 16.6 Å². The van der Waals surface area contributed by atoms with E-state index < -0.39 is 16.1 Å². The molecule has 0 spiro atoms. The molecule has 0 aliphatic heterocycles. The van der Waals surface area contributed by atoms with Gasteiger partial charge in [0.25, 0.3) is 5.91 Å². The number of imidazole rings is 1. The fourth-order valence-corrected chi connectivity index (χ4v) is 5.93. The van der Waals surface area contributed by atoms with Gasteiger partial charge < -0.3 is 4.98 Å². The van der Waals surface area contributed by atoms with Crippen molar-refractivity contribution in [3.63, 3.8) is 0 Å². The molecule has 44 heavy (non-hydrogen) atoms. The minimum absolute atomic E-state index is 0.00684. The molecule has 1 heterocycles. The van der Waals surface area contributed by atoms with E-state index in [0.717, 1.165) is 33.7 Å². The number of Topliss-reactive ketones (excluding diaryl/α,β-unsaturated/α-hetero) is 1. The number of hydrogen-bond donors (Lipinski definition) is 2. The van der Waals surface area contributed by atoms with Gasteiger partial charge in [-0.2, -0.15) is 12.7 Å². The first kappa shape index (κ1) is 31.1. The third-order valence-electron chi connectivity index (χ3n) is 7.54. The number of aromatic amines is 1. The van der Waals surface area contributed by atoms with E-state index in [9.17, 15) is 18.0 Å². The Labute approximate surface area is 262 Å². The van der Waals surface area contributed by atoms with Gasteiger partial charge in [-0.25, -0.2) is 9.71 Å². The summed E-state index contributed by atoms with van der Waals surface area (Å²) < 4.78 is 28.4. The lowest BCUT2D eigenvalue weighted by Gasteiger charge is -2.18. The van der Waals surface area contributed by atoms with Gasteiger partial charge in [-0.05, 0) is 65.4 Å². The van der Waals surface area contributed by atoms with E-state index in [-0.39, 0.29) is 23.7 Å². The van der Waals surface area contributed by atoms with Gasteiger partial charge in [-0.3, -0.25) is 9.59 Å². The fraction of sp³-hybridized carbons (Fsp3) is 0.206. The second-order valence-corrected chi connectivity index (χ2v) is 13.1. The number of amides is 1. The first-order chi connectivity index (χ1) is 21.1. The van der Waals surface area contributed by atoms with Crippen LogP contribution in [0.4, 0.5) is 0 Å². The third kappa shape index (κ3) is 6.75. The molecule has 1 atom stereocenters. The zero-order valence-corrected chi connectivity index (χ0v) is 26.2.